The van der Waals surface area contributed by atoms with Crippen LogP contribution in [0.15, 0.2) is 12.1 Å². The highest BCUT2D eigenvalue weighted by atomic mass is 19.4. The standard InChI is InChI=1S/C13H15F5O2/c1-4-8(7(2)20-13(16,17)18)9-5-6-10(14)11(15)12(9)19-3/h5-8H,4H2,1-3H3/t7-,8?/m0/s1. The Morgan fingerprint density at radius 3 is 2.25 bits per heavy atom. The van der Waals surface area contributed by atoms with E-state index < -0.39 is 35.8 Å². The minimum Gasteiger partial charge on any atom is -0.493 e. The van der Waals surface area contributed by atoms with Gasteiger partial charge in [-0.15, -0.1) is 13.2 Å². The first-order chi connectivity index (χ1) is 9.21. The number of alkyl halides is 3. The second-order valence-electron chi connectivity index (χ2n) is 4.27. The van der Waals surface area contributed by atoms with Gasteiger partial charge >= 0.3 is 6.36 Å². The quantitative estimate of drug-likeness (QED) is 0.750. The Morgan fingerprint density at radius 1 is 1.20 bits per heavy atom. The summed E-state index contributed by atoms with van der Waals surface area (Å²) in [4.78, 5) is 0. The Bertz CT molecular complexity index is 459. The van der Waals surface area contributed by atoms with Gasteiger partial charge in [-0.05, 0) is 19.4 Å². The Balaban J connectivity index is 3.16. The van der Waals surface area contributed by atoms with Gasteiger partial charge in [-0.25, -0.2) is 4.39 Å². The molecule has 0 spiro atoms. The molecular formula is C13H15F5O2. The van der Waals surface area contributed by atoms with Gasteiger partial charge in [-0.3, -0.25) is 4.74 Å². The first-order valence-electron chi connectivity index (χ1n) is 5.97. The van der Waals surface area contributed by atoms with Crippen molar-refractivity contribution in [2.75, 3.05) is 7.11 Å². The minimum absolute atomic E-state index is 0.144. The number of ether oxygens (including phenoxy) is 2. The van der Waals surface area contributed by atoms with Gasteiger partial charge in [0.1, 0.15) is 0 Å². The number of methoxy groups -OCH3 is 1. The molecule has 0 aliphatic heterocycles. The van der Waals surface area contributed by atoms with Gasteiger partial charge in [0.25, 0.3) is 0 Å². The van der Waals surface area contributed by atoms with E-state index >= 15 is 0 Å². The molecule has 0 saturated heterocycles. The van der Waals surface area contributed by atoms with Crippen LogP contribution in [0.3, 0.4) is 0 Å². The van der Waals surface area contributed by atoms with Crippen molar-refractivity contribution in [3.63, 3.8) is 0 Å². The monoisotopic (exact) mass is 298 g/mol. The fraction of sp³-hybridized carbons (Fsp3) is 0.538. The van der Waals surface area contributed by atoms with Crippen molar-refractivity contribution in [3.05, 3.63) is 29.3 Å². The third-order valence-corrected chi connectivity index (χ3v) is 3.01. The lowest BCUT2D eigenvalue weighted by Crippen LogP contribution is -2.27. The molecule has 20 heavy (non-hydrogen) atoms. The lowest BCUT2D eigenvalue weighted by molar-refractivity contribution is -0.342. The van der Waals surface area contributed by atoms with Crippen LogP contribution < -0.4 is 4.74 Å². The second kappa shape index (κ2) is 6.39. The first-order valence-corrected chi connectivity index (χ1v) is 5.97. The normalized spacial score (nSPS) is 15.0. The molecule has 1 rings (SSSR count). The zero-order chi connectivity index (χ0) is 15.5. The molecule has 0 aliphatic rings. The Morgan fingerprint density at radius 2 is 1.80 bits per heavy atom. The van der Waals surface area contributed by atoms with E-state index in [1.165, 1.54) is 13.0 Å². The molecule has 0 bridgehead atoms. The van der Waals surface area contributed by atoms with Gasteiger partial charge in [-0.2, -0.15) is 4.39 Å². The van der Waals surface area contributed by atoms with E-state index in [0.29, 0.717) is 0 Å². The Kier molecular flexibility index (Phi) is 5.33. The molecule has 1 unspecified atom stereocenters. The number of benzene rings is 1. The van der Waals surface area contributed by atoms with Crippen molar-refractivity contribution in [3.8, 4) is 5.75 Å². The fourth-order valence-electron chi connectivity index (χ4n) is 2.14. The summed E-state index contributed by atoms with van der Waals surface area (Å²) in [5, 5.41) is 0. The molecule has 1 aromatic carbocycles. The van der Waals surface area contributed by atoms with Crippen LogP contribution in [0.25, 0.3) is 0 Å². The largest absolute Gasteiger partial charge is 0.522 e. The Hall–Kier alpha value is -1.37. The third kappa shape index (κ3) is 3.82. The van der Waals surface area contributed by atoms with Crippen molar-refractivity contribution in [1.82, 2.24) is 0 Å². The van der Waals surface area contributed by atoms with Crippen LogP contribution >= 0.6 is 0 Å². The van der Waals surface area contributed by atoms with Crippen molar-refractivity contribution in [2.24, 2.45) is 0 Å². The van der Waals surface area contributed by atoms with Gasteiger partial charge in [0.05, 0.1) is 13.2 Å². The molecule has 1 aromatic rings. The summed E-state index contributed by atoms with van der Waals surface area (Å²) in [5.74, 6) is -3.51. The fourth-order valence-corrected chi connectivity index (χ4v) is 2.14. The molecule has 2 nitrogen and oxygen atoms in total. The highest BCUT2D eigenvalue weighted by molar-refractivity contribution is 5.39. The van der Waals surface area contributed by atoms with Gasteiger partial charge in [-0.1, -0.05) is 13.0 Å². The summed E-state index contributed by atoms with van der Waals surface area (Å²) in [6.07, 6.45) is -5.80. The topological polar surface area (TPSA) is 18.5 Å². The zero-order valence-corrected chi connectivity index (χ0v) is 11.2. The van der Waals surface area contributed by atoms with Crippen LogP contribution in [-0.2, 0) is 4.74 Å². The Labute approximate surface area is 113 Å². The highest BCUT2D eigenvalue weighted by Gasteiger charge is 2.36. The molecule has 0 aliphatic carbocycles. The SMILES string of the molecule is CCC(c1ccc(F)c(F)c1OC)[C@H](C)OC(F)(F)F. The van der Waals surface area contributed by atoms with Crippen LogP contribution in [0.1, 0.15) is 31.7 Å². The van der Waals surface area contributed by atoms with Crippen LogP contribution in [0, 0.1) is 11.6 Å². The average Bonchev–Trinajstić information content (AvgIpc) is 2.32. The van der Waals surface area contributed by atoms with Crippen molar-refractivity contribution >= 4 is 0 Å². The smallest absolute Gasteiger partial charge is 0.493 e. The van der Waals surface area contributed by atoms with Crippen molar-refractivity contribution in [2.45, 2.75) is 38.7 Å². The summed E-state index contributed by atoms with van der Waals surface area (Å²) in [7, 11) is 1.13. The third-order valence-electron chi connectivity index (χ3n) is 3.01. The first kappa shape index (κ1) is 16.7. The maximum Gasteiger partial charge on any atom is 0.522 e. The van der Waals surface area contributed by atoms with E-state index in [1.54, 1.807) is 6.92 Å². The number of hydrogen-bond acceptors (Lipinski definition) is 2. The molecule has 0 aromatic heterocycles. The van der Waals surface area contributed by atoms with E-state index in [4.69, 9.17) is 4.74 Å². The molecule has 0 heterocycles. The molecule has 0 radical (unpaired) electrons. The molecule has 0 amide bonds. The molecule has 2 atom stereocenters. The summed E-state index contributed by atoms with van der Waals surface area (Å²) in [6, 6.07) is 2.07. The minimum atomic E-state index is -4.79. The second-order valence-corrected chi connectivity index (χ2v) is 4.27. The molecule has 0 fully saturated rings. The summed E-state index contributed by atoms with van der Waals surface area (Å²) in [6.45, 7) is 2.85. The van der Waals surface area contributed by atoms with Crippen molar-refractivity contribution in [1.29, 1.82) is 0 Å². The number of rotatable bonds is 5. The van der Waals surface area contributed by atoms with Gasteiger partial charge < -0.3 is 4.74 Å². The van der Waals surface area contributed by atoms with E-state index in [-0.39, 0.29) is 12.0 Å². The van der Waals surface area contributed by atoms with Crippen LogP contribution in [0.2, 0.25) is 0 Å². The number of hydrogen-bond donors (Lipinski definition) is 0. The zero-order valence-electron chi connectivity index (χ0n) is 11.2. The molecular weight excluding hydrogens is 283 g/mol. The maximum atomic E-state index is 13.6. The number of halogens is 5. The van der Waals surface area contributed by atoms with Crippen LogP contribution in [-0.4, -0.2) is 19.6 Å². The lowest BCUT2D eigenvalue weighted by atomic mass is 9.90. The highest BCUT2D eigenvalue weighted by Crippen LogP contribution is 2.37. The molecule has 0 saturated carbocycles. The lowest BCUT2D eigenvalue weighted by Gasteiger charge is -2.26. The van der Waals surface area contributed by atoms with Crippen LogP contribution in [0.4, 0.5) is 22.0 Å². The predicted molar refractivity (Wildman–Crippen MR) is 62.5 cm³/mol. The van der Waals surface area contributed by atoms with E-state index in [2.05, 4.69) is 4.74 Å². The molecule has 114 valence electrons. The molecule has 7 heteroatoms. The van der Waals surface area contributed by atoms with Crippen molar-refractivity contribution < 1.29 is 31.4 Å². The van der Waals surface area contributed by atoms with E-state index in [0.717, 1.165) is 13.2 Å². The summed E-state index contributed by atoms with van der Waals surface area (Å²) < 4.78 is 72.2. The maximum absolute atomic E-state index is 13.6. The van der Waals surface area contributed by atoms with Gasteiger partial charge in [0, 0.05) is 11.5 Å². The van der Waals surface area contributed by atoms with E-state index in [9.17, 15) is 22.0 Å². The predicted octanol–water partition coefficient (Wildman–Crippen LogP) is 4.39. The van der Waals surface area contributed by atoms with Gasteiger partial charge in [0.2, 0.25) is 5.82 Å². The summed E-state index contributed by atoms with van der Waals surface area (Å²) >= 11 is 0. The van der Waals surface area contributed by atoms with E-state index in [1.807, 2.05) is 0 Å². The summed E-state index contributed by atoms with van der Waals surface area (Å²) in [5.41, 5.74) is 0.144. The van der Waals surface area contributed by atoms with Gasteiger partial charge in [0.15, 0.2) is 11.6 Å². The average molecular weight is 298 g/mol. The molecule has 0 N–H and O–H groups in total. The van der Waals surface area contributed by atoms with Crippen LogP contribution in [0.5, 0.6) is 5.75 Å².